The molecule has 1 saturated heterocycles. The molecule has 1 N–H and O–H groups in total. The number of aliphatic hydroxyl groups excluding tert-OH is 1. The zero-order chi connectivity index (χ0) is 15.3. The maximum Gasteiger partial charge on any atom is 0.119 e. The Labute approximate surface area is 127 Å². The van der Waals surface area contributed by atoms with Gasteiger partial charge in [-0.25, -0.2) is 0 Å². The van der Waals surface area contributed by atoms with Gasteiger partial charge in [0.15, 0.2) is 0 Å². The average Bonchev–Trinajstić information content (AvgIpc) is 2.47. The van der Waals surface area contributed by atoms with Crippen LogP contribution in [0.4, 0.5) is 0 Å². The van der Waals surface area contributed by atoms with E-state index in [1.54, 1.807) is 0 Å². The van der Waals surface area contributed by atoms with Gasteiger partial charge in [-0.15, -0.1) is 0 Å². The maximum absolute atomic E-state index is 9.12. The fourth-order valence-electron chi connectivity index (χ4n) is 2.44. The molecule has 1 aliphatic heterocycles. The van der Waals surface area contributed by atoms with Crippen molar-refractivity contribution in [1.82, 2.24) is 4.90 Å². The first-order valence-electron chi connectivity index (χ1n) is 7.67. The standard InChI is InChI=1S/C17H27NO3/c1-17(2,3)14-4-6-15(7-5-14)20-10-8-18-9-11-21-16(12-18)13-19/h4-7,16,19H,8-13H2,1-3H3. The van der Waals surface area contributed by atoms with E-state index in [2.05, 4.69) is 37.8 Å². The summed E-state index contributed by atoms with van der Waals surface area (Å²) in [5.74, 6) is 0.912. The van der Waals surface area contributed by atoms with Gasteiger partial charge in [0.25, 0.3) is 0 Å². The van der Waals surface area contributed by atoms with Crippen molar-refractivity contribution < 1.29 is 14.6 Å². The maximum atomic E-state index is 9.12. The van der Waals surface area contributed by atoms with Crippen molar-refractivity contribution in [3.05, 3.63) is 29.8 Å². The van der Waals surface area contributed by atoms with E-state index in [9.17, 15) is 0 Å². The Morgan fingerprint density at radius 1 is 1.29 bits per heavy atom. The summed E-state index contributed by atoms with van der Waals surface area (Å²) in [5.41, 5.74) is 1.49. The minimum atomic E-state index is -0.0511. The molecule has 0 aliphatic carbocycles. The summed E-state index contributed by atoms with van der Waals surface area (Å²) >= 11 is 0. The lowest BCUT2D eigenvalue weighted by Gasteiger charge is -2.31. The Hall–Kier alpha value is -1.10. The molecule has 1 unspecified atom stereocenters. The summed E-state index contributed by atoms with van der Waals surface area (Å²) in [7, 11) is 0. The highest BCUT2D eigenvalue weighted by atomic mass is 16.5. The Kier molecular flexibility index (Phi) is 5.62. The van der Waals surface area contributed by atoms with E-state index in [1.165, 1.54) is 5.56 Å². The zero-order valence-corrected chi connectivity index (χ0v) is 13.3. The van der Waals surface area contributed by atoms with Gasteiger partial charge in [-0.3, -0.25) is 4.90 Å². The molecule has 0 bridgehead atoms. The third kappa shape index (κ3) is 4.99. The van der Waals surface area contributed by atoms with E-state index in [-0.39, 0.29) is 18.1 Å². The minimum absolute atomic E-state index is 0.0511. The van der Waals surface area contributed by atoms with Gasteiger partial charge in [0.2, 0.25) is 0 Å². The van der Waals surface area contributed by atoms with Crippen molar-refractivity contribution in [1.29, 1.82) is 0 Å². The molecule has 1 atom stereocenters. The fourth-order valence-corrected chi connectivity index (χ4v) is 2.44. The minimum Gasteiger partial charge on any atom is -0.492 e. The highest BCUT2D eigenvalue weighted by Crippen LogP contribution is 2.24. The molecule has 4 heteroatoms. The second kappa shape index (κ2) is 7.25. The topological polar surface area (TPSA) is 41.9 Å². The smallest absolute Gasteiger partial charge is 0.119 e. The number of hydrogen-bond donors (Lipinski definition) is 1. The first kappa shape index (κ1) is 16.3. The van der Waals surface area contributed by atoms with Crippen LogP contribution in [0.3, 0.4) is 0 Å². The average molecular weight is 293 g/mol. The molecule has 2 rings (SSSR count). The predicted molar refractivity (Wildman–Crippen MR) is 83.9 cm³/mol. The summed E-state index contributed by atoms with van der Waals surface area (Å²) in [6.45, 7) is 10.6. The van der Waals surface area contributed by atoms with E-state index < -0.39 is 0 Å². The molecule has 0 aromatic heterocycles. The number of rotatable bonds is 5. The van der Waals surface area contributed by atoms with Gasteiger partial charge in [-0.2, -0.15) is 0 Å². The van der Waals surface area contributed by atoms with Crippen LogP contribution in [0.1, 0.15) is 26.3 Å². The summed E-state index contributed by atoms with van der Waals surface area (Å²) in [6, 6.07) is 8.34. The zero-order valence-electron chi connectivity index (χ0n) is 13.3. The monoisotopic (exact) mass is 293 g/mol. The van der Waals surface area contributed by atoms with Crippen LogP contribution in [0.5, 0.6) is 5.75 Å². The molecular formula is C17H27NO3. The molecule has 21 heavy (non-hydrogen) atoms. The number of nitrogens with zero attached hydrogens (tertiary/aromatic N) is 1. The Morgan fingerprint density at radius 2 is 2.00 bits per heavy atom. The van der Waals surface area contributed by atoms with Gasteiger partial charge in [0.1, 0.15) is 12.4 Å². The van der Waals surface area contributed by atoms with Gasteiger partial charge in [0.05, 0.1) is 19.3 Å². The van der Waals surface area contributed by atoms with Crippen molar-refractivity contribution in [2.24, 2.45) is 0 Å². The number of morpholine rings is 1. The number of hydrogen-bond acceptors (Lipinski definition) is 4. The summed E-state index contributed by atoms with van der Waals surface area (Å²) in [5, 5.41) is 9.12. The lowest BCUT2D eigenvalue weighted by atomic mass is 9.87. The van der Waals surface area contributed by atoms with Crippen molar-refractivity contribution in [2.45, 2.75) is 32.3 Å². The van der Waals surface area contributed by atoms with Crippen molar-refractivity contribution >= 4 is 0 Å². The first-order chi connectivity index (χ1) is 9.99. The van der Waals surface area contributed by atoms with Crippen LogP contribution in [-0.2, 0) is 10.2 Å². The molecule has 0 amide bonds. The number of aliphatic hydroxyl groups is 1. The summed E-state index contributed by atoms with van der Waals surface area (Å²) in [4.78, 5) is 2.27. The predicted octanol–water partition coefficient (Wildman–Crippen LogP) is 2.06. The highest BCUT2D eigenvalue weighted by Gasteiger charge is 2.19. The molecule has 4 nitrogen and oxygen atoms in total. The van der Waals surface area contributed by atoms with Crippen LogP contribution < -0.4 is 4.74 Å². The van der Waals surface area contributed by atoms with E-state index in [1.807, 2.05) is 12.1 Å². The lowest BCUT2D eigenvalue weighted by molar-refractivity contribution is -0.0547. The van der Waals surface area contributed by atoms with Crippen molar-refractivity contribution in [3.63, 3.8) is 0 Å². The molecule has 1 heterocycles. The van der Waals surface area contributed by atoms with Gasteiger partial charge < -0.3 is 14.6 Å². The van der Waals surface area contributed by atoms with E-state index in [0.717, 1.165) is 25.4 Å². The number of ether oxygens (including phenoxy) is 2. The molecule has 0 spiro atoms. The van der Waals surface area contributed by atoms with Crippen molar-refractivity contribution in [2.75, 3.05) is 39.5 Å². The Balaban J connectivity index is 1.76. The molecule has 1 aliphatic rings. The van der Waals surface area contributed by atoms with Gasteiger partial charge in [-0.1, -0.05) is 32.9 Å². The molecule has 118 valence electrons. The van der Waals surface area contributed by atoms with Crippen LogP contribution in [0.15, 0.2) is 24.3 Å². The SMILES string of the molecule is CC(C)(C)c1ccc(OCCN2CCOC(CO)C2)cc1. The van der Waals surface area contributed by atoms with E-state index >= 15 is 0 Å². The van der Waals surface area contributed by atoms with E-state index in [4.69, 9.17) is 14.6 Å². The Morgan fingerprint density at radius 3 is 2.62 bits per heavy atom. The third-order valence-electron chi connectivity index (χ3n) is 3.82. The summed E-state index contributed by atoms with van der Waals surface area (Å²) in [6.07, 6.45) is -0.0511. The van der Waals surface area contributed by atoms with Gasteiger partial charge in [0, 0.05) is 19.6 Å². The first-order valence-corrected chi connectivity index (χ1v) is 7.67. The molecular weight excluding hydrogens is 266 g/mol. The van der Waals surface area contributed by atoms with Crippen LogP contribution in [0.2, 0.25) is 0 Å². The summed E-state index contributed by atoms with van der Waals surface area (Å²) < 4.78 is 11.2. The molecule has 0 radical (unpaired) electrons. The van der Waals surface area contributed by atoms with Gasteiger partial charge in [-0.05, 0) is 23.1 Å². The largest absolute Gasteiger partial charge is 0.492 e. The molecule has 0 saturated carbocycles. The number of benzene rings is 1. The fraction of sp³-hybridized carbons (Fsp3) is 0.647. The second-order valence-corrected chi connectivity index (χ2v) is 6.60. The van der Waals surface area contributed by atoms with Gasteiger partial charge >= 0.3 is 0 Å². The quantitative estimate of drug-likeness (QED) is 0.902. The van der Waals surface area contributed by atoms with Crippen molar-refractivity contribution in [3.8, 4) is 5.75 Å². The van der Waals surface area contributed by atoms with Crippen LogP contribution in [0.25, 0.3) is 0 Å². The molecule has 1 aromatic rings. The molecule has 1 aromatic carbocycles. The molecule has 1 fully saturated rings. The third-order valence-corrected chi connectivity index (χ3v) is 3.82. The Bertz CT molecular complexity index is 425. The van der Waals surface area contributed by atoms with Crippen LogP contribution in [-0.4, -0.2) is 55.6 Å². The van der Waals surface area contributed by atoms with Crippen LogP contribution in [0, 0.1) is 0 Å². The second-order valence-electron chi connectivity index (χ2n) is 6.60. The van der Waals surface area contributed by atoms with Crippen LogP contribution >= 0.6 is 0 Å². The lowest BCUT2D eigenvalue weighted by Crippen LogP contribution is -2.45. The highest BCUT2D eigenvalue weighted by molar-refractivity contribution is 5.31. The normalized spacial score (nSPS) is 20.5. The van der Waals surface area contributed by atoms with E-state index in [0.29, 0.717) is 13.2 Å².